The van der Waals surface area contributed by atoms with Crippen molar-refractivity contribution in [3.63, 3.8) is 0 Å². The second kappa shape index (κ2) is 10.4. The molecule has 1 saturated heterocycles. The van der Waals surface area contributed by atoms with Crippen LogP contribution in [0.4, 0.5) is 4.39 Å². The summed E-state index contributed by atoms with van der Waals surface area (Å²) in [6.07, 6.45) is 0.931. The first-order valence-corrected chi connectivity index (χ1v) is 10.7. The van der Waals surface area contributed by atoms with Gasteiger partial charge in [0.1, 0.15) is 17.7 Å². The number of piperazine rings is 1. The predicted molar refractivity (Wildman–Crippen MR) is 122 cm³/mol. The third-order valence-corrected chi connectivity index (χ3v) is 5.78. The van der Waals surface area contributed by atoms with E-state index in [0.29, 0.717) is 43.1 Å². The summed E-state index contributed by atoms with van der Waals surface area (Å²) >= 11 is 0. The Bertz CT molecular complexity index is 977. The smallest absolute Gasteiger partial charge is 0.251 e. The van der Waals surface area contributed by atoms with Crippen molar-refractivity contribution >= 4 is 11.8 Å². The number of carbonyl (C=O) groups is 2. The predicted octanol–water partition coefficient (Wildman–Crippen LogP) is 3.33. The summed E-state index contributed by atoms with van der Waals surface area (Å²) in [4.78, 5) is 27.9. The van der Waals surface area contributed by atoms with Crippen LogP contribution in [0.2, 0.25) is 0 Å². The van der Waals surface area contributed by atoms with Crippen molar-refractivity contribution in [1.82, 2.24) is 15.1 Å². The summed E-state index contributed by atoms with van der Waals surface area (Å²) in [5.41, 5.74) is 1.85. The van der Waals surface area contributed by atoms with Crippen molar-refractivity contribution in [1.29, 1.82) is 0 Å². The molecular weight excluding hydrogens is 409 g/mol. The largest absolute Gasteiger partial charge is 0.484 e. The maximum absolute atomic E-state index is 14.3. The molecule has 0 spiro atoms. The first kappa shape index (κ1) is 23.5. The second-order valence-electron chi connectivity index (χ2n) is 8.06. The maximum Gasteiger partial charge on any atom is 0.251 e. The molecule has 2 aromatic carbocycles. The van der Waals surface area contributed by atoms with Crippen LogP contribution in [0.25, 0.3) is 0 Å². The number of rotatable bonds is 7. The highest BCUT2D eigenvalue weighted by molar-refractivity contribution is 5.94. The van der Waals surface area contributed by atoms with Crippen molar-refractivity contribution in [2.45, 2.75) is 26.0 Å². The molecule has 0 aromatic heterocycles. The number of hydrogen-bond acceptors (Lipinski definition) is 4. The van der Waals surface area contributed by atoms with E-state index < -0.39 is 6.10 Å². The summed E-state index contributed by atoms with van der Waals surface area (Å²) in [7, 11) is 1.58. The molecule has 1 heterocycles. The van der Waals surface area contributed by atoms with Crippen LogP contribution in [0.1, 0.15) is 34.5 Å². The van der Waals surface area contributed by atoms with Crippen LogP contribution < -0.4 is 10.1 Å². The molecule has 0 bridgehead atoms. The third kappa shape index (κ3) is 5.53. The molecule has 2 atom stereocenters. The Balaban J connectivity index is 1.79. The van der Waals surface area contributed by atoms with Crippen LogP contribution in [0.5, 0.6) is 5.75 Å². The molecule has 1 N–H and O–H groups in total. The number of aryl methyl sites for hydroxylation is 1. The van der Waals surface area contributed by atoms with Gasteiger partial charge in [-0.3, -0.25) is 14.5 Å². The van der Waals surface area contributed by atoms with Crippen LogP contribution in [0, 0.1) is 12.7 Å². The molecule has 0 unspecified atom stereocenters. The zero-order chi connectivity index (χ0) is 23.3. The SMILES string of the molecule is C=CC(=O)N1CCN(C[C@H](Oc2ccc(C(=O)NC)cc2)c2ccc(C)c(F)c2)C[C@H]1C. The lowest BCUT2D eigenvalue weighted by Gasteiger charge is -2.40. The summed E-state index contributed by atoms with van der Waals surface area (Å²) < 4.78 is 20.6. The van der Waals surface area contributed by atoms with E-state index in [0.717, 1.165) is 5.56 Å². The average Bonchev–Trinajstić information content (AvgIpc) is 2.80. The zero-order valence-electron chi connectivity index (χ0n) is 18.8. The molecule has 170 valence electrons. The fraction of sp³-hybridized carbons (Fsp3) is 0.360. The number of ether oxygens (including phenoxy) is 1. The zero-order valence-corrected chi connectivity index (χ0v) is 18.8. The van der Waals surface area contributed by atoms with Gasteiger partial charge in [-0.2, -0.15) is 0 Å². The minimum atomic E-state index is -0.412. The molecule has 0 radical (unpaired) electrons. The monoisotopic (exact) mass is 439 g/mol. The van der Waals surface area contributed by atoms with Crippen LogP contribution in [0.15, 0.2) is 55.1 Å². The van der Waals surface area contributed by atoms with Crippen molar-refractivity contribution in [3.8, 4) is 5.75 Å². The summed E-state index contributed by atoms with van der Waals surface area (Å²) in [6, 6.07) is 12.1. The van der Waals surface area contributed by atoms with Gasteiger partial charge in [0.2, 0.25) is 5.91 Å². The van der Waals surface area contributed by atoms with Crippen molar-refractivity contribution in [2.24, 2.45) is 0 Å². The van der Waals surface area contributed by atoms with Gasteiger partial charge in [-0.05, 0) is 61.4 Å². The molecule has 32 heavy (non-hydrogen) atoms. The maximum atomic E-state index is 14.3. The fourth-order valence-corrected chi connectivity index (χ4v) is 3.89. The summed E-state index contributed by atoms with van der Waals surface area (Å²) in [6.45, 7) is 9.82. The van der Waals surface area contributed by atoms with E-state index in [-0.39, 0.29) is 23.7 Å². The number of halogens is 1. The molecule has 3 rings (SSSR count). The Hall–Kier alpha value is -3.19. The van der Waals surface area contributed by atoms with Gasteiger partial charge in [-0.15, -0.1) is 0 Å². The second-order valence-corrected chi connectivity index (χ2v) is 8.06. The molecule has 1 fully saturated rings. The number of nitrogens with one attached hydrogen (secondary N) is 1. The standard InChI is InChI=1S/C25H30FN3O3/c1-5-24(30)29-13-12-28(15-18(29)3)16-23(20-7-6-17(2)22(26)14-20)32-21-10-8-19(9-11-21)25(31)27-4/h5-11,14,18,23H,1,12-13,15-16H2,2-4H3,(H,27,31)/t18-,23+/m1/s1. The van der Waals surface area contributed by atoms with Gasteiger partial charge in [-0.1, -0.05) is 18.7 Å². The van der Waals surface area contributed by atoms with Crippen molar-refractivity contribution in [3.05, 3.63) is 77.6 Å². The molecular formula is C25H30FN3O3. The molecule has 0 aliphatic carbocycles. The molecule has 7 heteroatoms. The minimum absolute atomic E-state index is 0.0384. The first-order valence-electron chi connectivity index (χ1n) is 10.7. The highest BCUT2D eigenvalue weighted by Gasteiger charge is 2.28. The van der Waals surface area contributed by atoms with E-state index in [1.165, 1.54) is 12.1 Å². The molecule has 1 aliphatic rings. The normalized spacial score (nSPS) is 17.5. The average molecular weight is 440 g/mol. The molecule has 6 nitrogen and oxygen atoms in total. The Morgan fingerprint density at radius 2 is 1.97 bits per heavy atom. The Kier molecular flexibility index (Phi) is 7.64. The molecule has 2 aromatic rings. The van der Waals surface area contributed by atoms with E-state index in [4.69, 9.17) is 4.74 Å². The summed E-state index contributed by atoms with van der Waals surface area (Å²) in [5, 5.41) is 2.59. The molecule has 2 amide bonds. The highest BCUT2D eigenvalue weighted by Crippen LogP contribution is 2.26. The number of hydrogen-bond donors (Lipinski definition) is 1. The highest BCUT2D eigenvalue weighted by atomic mass is 19.1. The van der Waals surface area contributed by atoms with E-state index in [1.54, 1.807) is 44.3 Å². The van der Waals surface area contributed by atoms with Gasteiger partial charge in [0.05, 0.1) is 0 Å². The quantitative estimate of drug-likeness (QED) is 0.673. The van der Waals surface area contributed by atoms with E-state index in [1.807, 2.05) is 17.9 Å². The van der Waals surface area contributed by atoms with E-state index in [9.17, 15) is 14.0 Å². The van der Waals surface area contributed by atoms with Gasteiger partial charge in [-0.25, -0.2) is 4.39 Å². The third-order valence-electron chi connectivity index (χ3n) is 5.78. The lowest BCUT2D eigenvalue weighted by molar-refractivity contribution is -0.130. The lowest BCUT2D eigenvalue weighted by atomic mass is 10.0. The van der Waals surface area contributed by atoms with Crippen molar-refractivity contribution in [2.75, 3.05) is 33.2 Å². The van der Waals surface area contributed by atoms with Crippen LogP contribution >= 0.6 is 0 Å². The van der Waals surface area contributed by atoms with E-state index in [2.05, 4.69) is 16.8 Å². The molecule has 0 saturated carbocycles. The first-order chi connectivity index (χ1) is 15.3. The van der Waals surface area contributed by atoms with E-state index >= 15 is 0 Å². The molecule has 1 aliphatic heterocycles. The number of nitrogens with zero attached hydrogens (tertiary/aromatic N) is 2. The van der Waals surface area contributed by atoms with Crippen molar-refractivity contribution < 1.29 is 18.7 Å². The van der Waals surface area contributed by atoms with Crippen LogP contribution in [-0.4, -0.2) is 60.9 Å². The fourth-order valence-electron chi connectivity index (χ4n) is 3.89. The minimum Gasteiger partial charge on any atom is -0.484 e. The van der Waals surface area contributed by atoms with Crippen LogP contribution in [-0.2, 0) is 4.79 Å². The number of amides is 2. The Morgan fingerprint density at radius 1 is 1.25 bits per heavy atom. The van der Waals surface area contributed by atoms with Gasteiger partial charge in [0, 0.05) is 44.8 Å². The Morgan fingerprint density at radius 3 is 2.56 bits per heavy atom. The van der Waals surface area contributed by atoms with Gasteiger partial charge >= 0.3 is 0 Å². The number of carbonyl (C=O) groups excluding carboxylic acids is 2. The topological polar surface area (TPSA) is 61.9 Å². The Labute approximate surface area is 188 Å². The summed E-state index contributed by atoms with van der Waals surface area (Å²) in [5.74, 6) is 0.0781. The van der Waals surface area contributed by atoms with Gasteiger partial charge in [0.15, 0.2) is 0 Å². The van der Waals surface area contributed by atoms with Gasteiger partial charge in [0.25, 0.3) is 5.91 Å². The van der Waals surface area contributed by atoms with Gasteiger partial charge < -0.3 is 15.0 Å². The lowest BCUT2D eigenvalue weighted by Crippen LogP contribution is -2.54. The van der Waals surface area contributed by atoms with Crippen LogP contribution in [0.3, 0.4) is 0 Å². The number of benzene rings is 2.